The zero-order chi connectivity index (χ0) is 9.68. The number of anilines is 1. The Morgan fingerprint density at radius 1 is 1.38 bits per heavy atom. The SMILES string of the molecule is [NH3+]CCNc1ccc([N+](=O)[O-])cc1. The van der Waals surface area contributed by atoms with Crippen LogP contribution in [-0.4, -0.2) is 18.0 Å². The Hall–Kier alpha value is -1.62. The molecule has 0 atom stereocenters. The van der Waals surface area contributed by atoms with Crippen molar-refractivity contribution in [3.05, 3.63) is 34.4 Å². The third-order valence-corrected chi connectivity index (χ3v) is 1.58. The lowest BCUT2D eigenvalue weighted by molar-refractivity contribution is -0.384. The molecular weight excluding hydrogens is 170 g/mol. The van der Waals surface area contributed by atoms with E-state index in [0.29, 0.717) is 0 Å². The van der Waals surface area contributed by atoms with Crippen LogP contribution in [0.1, 0.15) is 0 Å². The topological polar surface area (TPSA) is 82.8 Å². The average molecular weight is 182 g/mol. The molecule has 70 valence electrons. The normalized spacial score (nSPS) is 9.62. The number of benzene rings is 1. The van der Waals surface area contributed by atoms with Gasteiger partial charge in [0, 0.05) is 17.8 Å². The molecule has 0 aliphatic carbocycles. The summed E-state index contributed by atoms with van der Waals surface area (Å²) in [4.78, 5) is 9.89. The molecule has 0 aliphatic heterocycles. The molecule has 1 aromatic carbocycles. The van der Waals surface area contributed by atoms with E-state index < -0.39 is 4.92 Å². The smallest absolute Gasteiger partial charge is 0.269 e. The minimum atomic E-state index is -0.412. The van der Waals surface area contributed by atoms with Gasteiger partial charge in [-0.2, -0.15) is 0 Å². The summed E-state index contributed by atoms with van der Waals surface area (Å²) in [6.45, 7) is 1.56. The maximum Gasteiger partial charge on any atom is 0.269 e. The van der Waals surface area contributed by atoms with Crippen molar-refractivity contribution in [1.82, 2.24) is 0 Å². The number of hydrogen-bond acceptors (Lipinski definition) is 3. The highest BCUT2D eigenvalue weighted by Gasteiger charge is 2.02. The Balaban J connectivity index is 2.64. The number of hydrogen-bond donors (Lipinski definition) is 2. The Kier molecular flexibility index (Phi) is 3.22. The fourth-order valence-corrected chi connectivity index (χ4v) is 0.934. The van der Waals surface area contributed by atoms with E-state index in [9.17, 15) is 10.1 Å². The van der Waals surface area contributed by atoms with Gasteiger partial charge in [-0.05, 0) is 12.1 Å². The van der Waals surface area contributed by atoms with Crippen LogP contribution in [0, 0.1) is 10.1 Å². The molecule has 13 heavy (non-hydrogen) atoms. The van der Waals surface area contributed by atoms with Gasteiger partial charge in [0.1, 0.15) is 0 Å². The lowest BCUT2D eigenvalue weighted by atomic mass is 10.3. The second kappa shape index (κ2) is 4.42. The summed E-state index contributed by atoms with van der Waals surface area (Å²) in [5.74, 6) is 0. The highest BCUT2D eigenvalue weighted by molar-refractivity contribution is 5.48. The van der Waals surface area contributed by atoms with E-state index in [-0.39, 0.29) is 5.69 Å². The molecule has 5 heteroatoms. The molecule has 0 saturated heterocycles. The third-order valence-electron chi connectivity index (χ3n) is 1.58. The number of non-ortho nitro benzene ring substituents is 1. The lowest BCUT2D eigenvalue weighted by Gasteiger charge is -2.01. The molecule has 1 rings (SSSR count). The van der Waals surface area contributed by atoms with Gasteiger partial charge < -0.3 is 11.1 Å². The number of nitrogens with zero attached hydrogens (tertiary/aromatic N) is 1. The van der Waals surface area contributed by atoms with Crippen LogP contribution in [0.4, 0.5) is 11.4 Å². The molecule has 0 radical (unpaired) electrons. The number of rotatable bonds is 4. The molecule has 0 heterocycles. The zero-order valence-electron chi connectivity index (χ0n) is 7.19. The maximum absolute atomic E-state index is 10.3. The summed E-state index contributed by atoms with van der Waals surface area (Å²) >= 11 is 0. The minimum absolute atomic E-state index is 0.111. The van der Waals surface area contributed by atoms with Gasteiger partial charge in [0.2, 0.25) is 0 Å². The first-order valence-electron chi connectivity index (χ1n) is 4.01. The van der Waals surface area contributed by atoms with Gasteiger partial charge in [-0.3, -0.25) is 10.1 Å². The standard InChI is InChI=1S/C8H11N3O2/c9-5-6-10-7-1-3-8(4-2-7)11(12)13/h1-4,10H,5-6,9H2/p+1. The number of nitrogens with one attached hydrogen (secondary N) is 1. The first-order chi connectivity index (χ1) is 6.24. The summed E-state index contributed by atoms with van der Waals surface area (Å²) in [5.41, 5.74) is 4.67. The van der Waals surface area contributed by atoms with Gasteiger partial charge in [-0.15, -0.1) is 0 Å². The van der Waals surface area contributed by atoms with Crippen LogP contribution in [0.25, 0.3) is 0 Å². The molecule has 0 aromatic heterocycles. The molecule has 0 fully saturated rings. The van der Waals surface area contributed by atoms with E-state index in [1.54, 1.807) is 12.1 Å². The van der Waals surface area contributed by atoms with Gasteiger partial charge in [-0.25, -0.2) is 0 Å². The third kappa shape index (κ3) is 2.72. The van der Waals surface area contributed by atoms with Crippen LogP contribution in [0.2, 0.25) is 0 Å². The van der Waals surface area contributed by atoms with E-state index in [1.165, 1.54) is 12.1 Å². The molecule has 1 aromatic rings. The van der Waals surface area contributed by atoms with Crippen molar-refractivity contribution in [2.75, 3.05) is 18.4 Å². The highest BCUT2D eigenvalue weighted by Crippen LogP contribution is 2.14. The minimum Gasteiger partial charge on any atom is -0.379 e. The zero-order valence-corrected chi connectivity index (χ0v) is 7.19. The molecule has 0 saturated carbocycles. The fourth-order valence-electron chi connectivity index (χ4n) is 0.934. The van der Waals surface area contributed by atoms with Crippen molar-refractivity contribution in [3.8, 4) is 0 Å². The summed E-state index contributed by atoms with van der Waals surface area (Å²) in [7, 11) is 0. The molecule has 0 spiro atoms. The van der Waals surface area contributed by atoms with Gasteiger partial charge in [0.05, 0.1) is 18.0 Å². The number of quaternary nitrogens is 1. The van der Waals surface area contributed by atoms with Crippen molar-refractivity contribution >= 4 is 11.4 Å². The first-order valence-corrected chi connectivity index (χ1v) is 4.01. The Morgan fingerprint density at radius 3 is 2.46 bits per heavy atom. The van der Waals surface area contributed by atoms with Crippen molar-refractivity contribution in [2.24, 2.45) is 0 Å². The monoisotopic (exact) mass is 182 g/mol. The van der Waals surface area contributed by atoms with E-state index in [4.69, 9.17) is 0 Å². The van der Waals surface area contributed by atoms with Gasteiger partial charge in [-0.1, -0.05) is 0 Å². The Bertz CT molecular complexity index is 284. The second-order valence-electron chi connectivity index (χ2n) is 2.58. The summed E-state index contributed by atoms with van der Waals surface area (Å²) in [6, 6.07) is 6.33. The number of nitro groups is 1. The van der Waals surface area contributed by atoms with Crippen LogP contribution >= 0.6 is 0 Å². The van der Waals surface area contributed by atoms with Crippen LogP contribution < -0.4 is 11.1 Å². The Morgan fingerprint density at radius 2 is 2.00 bits per heavy atom. The van der Waals surface area contributed by atoms with Crippen molar-refractivity contribution in [1.29, 1.82) is 0 Å². The van der Waals surface area contributed by atoms with Crippen LogP contribution in [0.3, 0.4) is 0 Å². The van der Waals surface area contributed by atoms with E-state index in [2.05, 4.69) is 11.1 Å². The molecule has 0 unspecified atom stereocenters. The van der Waals surface area contributed by atoms with E-state index >= 15 is 0 Å². The lowest BCUT2D eigenvalue weighted by Crippen LogP contribution is -2.53. The Labute approximate surface area is 75.7 Å². The van der Waals surface area contributed by atoms with Crippen molar-refractivity contribution in [3.63, 3.8) is 0 Å². The van der Waals surface area contributed by atoms with Gasteiger partial charge in [0.15, 0.2) is 0 Å². The summed E-state index contributed by atoms with van der Waals surface area (Å²) in [6.07, 6.45) is 0. The average Bonchev–Trinajstić information content (AvgIpc) is 2.15. The first kappa shape index (κ1) is 9.47. The molecular formula is C8H12N3O2+. The van der Waals surface area contributed by atoms with E-state index in [0.717, 1.165) is 18.8 Å². The van der Waals surface area contributed by atoms with Crippen molar-refractivity contribution in [2.45, 2.75) is 0 Å². The van der Waals surface area contributed by atoms with Gasteiger partial charge in [0.25, 0.3) is 5.69 Å². The predicted molar refractivity (Wildman–Crippen MR) is 49.3 cm³/mol. The summed E-state index contributed by atoms with van der Waals surface area (Å²) < 4.78 is 0. The predicted octanol–water partition coefficient (Wildman–Crippen LogP) is 0.249. The van der Waals surface area contributed by atoms with Crippen LogP contribution in [-0.2, 0) is 0 Å². The van der Waals surface area contributed by atoms with Crippen LogP contribution in [0.15, 0.2) is 24.3 Å². The molecule has 5 nitrogen and oxygen atoms in total. The number of nitro benzene ring substituents is 1. The molecule has 0 bridgehead atoms. The highest BCUT2D eigenvalue weighted by atomic mass is 16.6. The largest absolute Gasteiger partial charge is 0.379 e. The molecule has 4 N–H and O–H groups in total. The van der Waals surface area contributed by atoms with Crippen LogP contribution in [0.5, 0.6) is 0 Å². The second-order valence-corrected chi connectivity index (χ2v) is 2.58. The van der Waals surface area contributed by atoms with E-state index in [1.807, 2.05) is 0 Å². The maximum atomic E-state index is 10.3. The van der Waals surface area contributed by atoms with Gasteiger partial charge >= 0.3 is 0 Å². The quantitative estimate of drug-likeness (QED) is 0.517. The summed E-state index contributed by atoms with van der Waals surface area (Å²) in [5, 5.41) is 13.4. The molecule has 0 aliphatic rings. The fraction of sp³-hybridized carbons (Fsp3) is 0.250. The molecule has 0 amide bonds. The van der Waals surface area contributed by atoms with Crippen molar-refractivity contribution < 1.29 is 10.7 Å².